The van der Waals surface area contributed by atoms with Gasteiger partial charge in [0.25, 0.3) is 0 Å². The maximum absolute atomic E-state index is 11.6. The Morgan fingerprint density at radius 2 is 1.62 bits per heavy atom. The largest absolute Gasteiger partial charge is 0.447 e. The van der Waals surface area contributed by atoms with Crippen LogP contribution in [0.25, 0.3) is 0 Å². The van der Waals surface area contributed by atoms with Crippen molar-refractivity contribution >= 4 is 6.09 Å². The molecule has 26 heavy (non-hydrogen) atoms. The molecule has 5 nitrogen and oxygen atoms in total. The van der Waals surface area contributed by atoms with Crippen molar-refractivity contribution < 1.29 is 19.0 Å². The number of amides is 1. The molecule has 154 valence electrons. The van der Waals surface area contributed by atoms with Crippen molar-refractivity contribution in [2.75, 3.05) is 19.8 Å². The van der Waals surface area contributed by atoms with E-state index >= 15 is 0 Å². The molecule has 1 fully saturated rings. The molecular formula is C21H41NO4. The molecule has 0 aromatic rings. The number of carbonyl (C=O) groups is 1. The predicted octanol–water partition coefficient (Wildman–Crippen LogP) is 5.57. The van der Waals surface area contributed by atoms with E-state index in [0.29, 0.717) is 13.2 Å². The van der Waals surface area contributed by atoms with Crippen LogP contribution in [0.2, 0.25) is 0 Å². The average molecular weight is 372 g/mol. The van der Waals surface area contributed by atoms with Gasteiger partial charge in [0.05, 0.1) is 6.61 Å². The zero-order valence-corrected chi connectivity index (χ0v) is 17.3. The van der Waals surface area contributed by atoms with Crippen LogP contribution in [-0.4, -0.2) is 37.7 Å². The molecule has 1 heterocycles. The molecule has 0 saturated carbocycles. The van der Waals surface area contributed by atoms with Gasteiger partial charge in [0, 0.05) is 13.0 Å². The van der Waals surface area contributed by atoms with E-state index in [1.165, 1.54) is 51.4 Å². The minimum absolute atomic E-state index is 0.157. The van der Waals surface area contributed by atoms with Crippen LogP contribution in [0.5, 0.6) is 0 Å². The fourth-order valence-corrected chi connectivity index (χ4v) is 3.25. The third-order valence-electron chi connectivity index (χ3n) is 4.92. The van der Waals surface area contributed by atoms with Crippen molar-refractivity contribution in [3.05, 3.63) is 0 Å². The standard InChI is InChI=1S/C21H41NO4/c1-4-6-8-9-10-11-12-13-14-15-21(3)25-18-19(26-21)17-24-20(23)22-16-7-5-2/h19H,4-18H2,1-3H3,(H,22,23). The maximum Gasteiger partial charge on any atom is 0.407 e. The lowest BCUT2D eigenvalue weighted by Crippen LogP contribution is -2.31. The first-order valence-electron chi connectivity index (χ1n) is 10.8. The molecule has 0 radical (unpaired) electrons. The zero-order valence-electron chi connectivity index (χ0n) is 17.3. The molecule has 2 unspecified atom stereocenters. The fraction of sp³-hybridized carbons (Fsp3) is 0.952. The van der Waals surface area contributed by atoms with Gasteiger partial charge < -0.3 is 19.5 Å². The van der Waals surface area contributed by atoms with Gasteiger partial charge in [-0.1, -0.05) is 71.6 Å². The molecule has 1 aliphatic rings. The molecule has 0 bridgehead atoms. The summed E-state index contributed by atoms with van der Waals surface area (Å²) in [5.41, 5.74) is 0. The van der Waals surface area contributed by atoms with E-state index in [1.54, 1.807) is 0 Å². The normalized spacial score (nSPS) is 22.5. The number of carbonyl (C=O) groups excluding carboxylic acids is 1. The smallest absolute Gasteiger partial charge is 0.407 e. The van der Waals surface area contributed by atoms with Crippen LogP contribution < -0.4 is 5.32 Å². The van der Waals surface area contributed by atoms with Crippen LogP contribution in [0.3, 0.4) is 0 Å². The van der Waals surface area contributed by atoms with Gasteiger partial charge in [-0.05, 0) is 19.8 Å². The second-order valence-corrected chi connectivity index (χ2v) is 7.64. The van der Waals surface area contributed by atoms with Gasteiger partial charge in [-0.25, -0.2) is 4.79 Å². The summed E-state index contributed by atoms with van der Waals surface area (Å²) in [5.74, 6) is -0.520. The average Bonchev–Trinajstić information content (AvgIpc) is 3.00. The summed E-state index contributed by atoms with van der Waals surface area (Å²) in [6.45, 7) is 7.76. The third kappa shape index (κ3) is 11.0. The number of hydrogen-bond acceptors (Lipinski definition) is 4. The summed E-state index contributed by atoms with van der Waals surface area (Å²) in [4.78, 5) is 11.6. The Hall–Kier alpha value is -0.810. The van der Waals surface area contributed by atoms with Crippen LogP contribution in [-0.2, 0) is 14.2 Å². The van der Waals surface area contributed by atoms with E-state index in [2.05, 4.69) is 19.2 Å². The second-order valence-electron chi connectivity index (χ2n) is 7.64. The quantitative estimate of drug-likeness (QED) is 0.383. The Labute approximate surface area is 160 Å². The van der Waals surface area contributed by atoms with Crippen LogP contribution in [0.4, 0.5) is 4.79 Å². The minimum atomic E-state index is -0.520. The molecule has 1 rings (SSSR count). The lowest BCUT2D eigenvalue weighted by Gasteiger charge is -2.23. The Kier molecular flexibility index (Phi) is 12.8. The van der Waals surface area contributed by atoms with Gasteiger partial charge in [-0.2, -0.15) is 0 Å². The molecule has 0 spiro atoms. The number of hydrogen-bond donors (Lipinski definition) is 1. The fourth-order valence-electron chi connectivity index (χ4n) is 3.25. The Bertz CT molecular complexity index is 364. The summed E-state index contributed by atoms with van der Waals surface area (Å²) >= 11 is 0. The molecule has 2 atom stereocenters. The first kappa shape index (κ1) is 23.2. The summed E-state index contributed by atoms with van der Waals surface area (Å²) in [5, 5.41) is 2.74. The Balaban J connectivity index is 2.02. The lowest BCUT2D eigenvalue weighted by atomic mass is 10.0. The first-order chi connectivity index (χ1) is 12.6. The highest BCUT2D eigenvalue weighted by molar-refractivity contribution is 5.67. The number of rotatable bonds is 15. The van der Waals surface area contributed by atoms with E-state index in [4.69, 9.17) is 14.2 Å². The van der Waals surface area contributed by atoms with Gasteiger partial charge in [-0.3, -0.25) is 0 Å². The summed E-state index contributed by atoms with van der Waals surface area (Å²) < 4.78 is 17.0. The third-order valence-corrected chi connectivity index (χ3v) is 4.92. The molecule has 1 amide bonds. The number of alkyl carbamates (subject to hydrolysis) is 1. The molecule has 0 aromatic heterocycles. The second kappa shape index (κ2) is 14.3. The minimum Gasteiger partial charge on any atom is -0.447 e. The highest BCUT2D eigenvalue weighted by Gasteiger charge is 2.37. The lowest BCUT2D eigenvalue weighted by molar-refractivity contribution is -0.162. The first-order valence-corrected chi connectivity index (χ1v) is 10.8. The van der Waals surface area contributed by atoms with E-state index < -0.39 is 5.79 Å². The highest BCUT2D eigenvalue weighted by atomic mass is 16.7. The Morgan fingerprint density at radius 1 is 1.00 bits per heavy atom. The van der Waals surface area contributed by atoms with Crippen molar-refractivity contribution in [1.29, 1.82) is 0 Å². The molecule has 1 saturated heterocycles. The van der Waals surface area contributed by atoms with Crippen molar-refractivity contribution in [2.24, 2.45) is 0 Å². The van der Waals surface area contributed by atoms with E-state index in [-0.39, 0.29) is 18.8 Å². The van der Waals surface area contributed by atoms with Crippen LogP contribution in [0.15, 0.2) is 0 Å². The van der Waals surface area contributed by atoms with Crippen molar-refractivity contribution in [1.82, 2.24) is 5.32 Å². The molecular weight excluding hydrogens is 330 g/mol. The molecule has 1 aliphatic heterocycles. The summed E-state index contributed by atoms with van der Waals surface area (Å²) in [6, 6.07) is 0. The predicted molar refractivity (Wildman–Crippen MR) is 105 cm³/mol. The van der Waals surface area contributed by atoms with Crippen molar-refractivity contribution in [2.45, 2.75) is 110 Å². The number of ether oxygens (including phenoxy) is 3. The topological polar surface area (TPSA) is 56.8 Å². The Morgan fingerprint density at radius 3 is 2.27 bits per heavy atom. The van der Waals surface area contributed by atoms with Gasteiger partial charge in [0.15, 0.2) is 5.79 Å². The van der Waals surface area contributed by atoms with Gasteiger partial charge in [0.2, 0.25) is 0 Å². The van der Waals surface area contributed by atoms with E-state index in [0.717, 1.165) is 25.7 Å². The SMILES string of the molecule is CCCCCCCCCCCC1(C)OCC(COC(=O)NCCCC)O1. The summed E-state index contributed by atoms with van der Waals surface area (Å²) in [7, 11) is 0. The highest BCUT2D eigenvalue weighted by Crippen LogP contribution is 2.29. The monoisotopic (exact) mass is 371 g/mol. The van der Waals surface area contributed by atoms with Gasteiger partial charge in [0.1, 0.15) is 12.7 Å². The maximum atomic E-state index is 11.6. The van der Waals surface area contributed by atoms with Crippen LogP contribution in [0, 0.1) is 0 Å². The van der Waals surface area contributed by atoms with Gasteiger partial charge >= 0.3 is 6.09 Å². The van der Waals surface area contributed by atoms with Crippen LogP contribution in [0.1, 0.15) is 97.8 Å². The van der Waals surface area contributed by atoms with Crippen molar-refractivity contribution in [3.8, 4) is 0 Å². The molecule has 1 N–H and O–H groups in total. The molecule has 0 aromatic carbocycles. The molecule has 5 heteroatoms. The van der Waals surface area contributed by atoms with E-state index in [9.17, 15) is 4.79 Å². The number of unbranched alkanes of at least 4 members (excludes halogenated alkanes) is 9. The van der Waals surface area contributed by atoms with Gasteiger partial charge in [-0.15, -0.1) is 0 Å². The number of nitrogens with one attached hydrogen (secondary N) is 1. The van der Waals surface area contributed by atoms with Crippen LogP contribution >= 0.6 is 0 Å². The molecule has 0 aliphatic carbocycles. The van der Waals surface area contributed by atoms with E-state index in [1.807, 2.05) is 6.92 Å². The zero-order chi connectivity index (χ0) is 19.1. The van der Waals surface area contributed by atoms with Crippen molar-refractivity contribution in [3.63, 3.8) is 0 Å². The summed E-state index contributed by atoms with van der Waals surface area (Å²) in [6.07, 6.45) is 14.2.